The van der Waals surface area contributed by atoms with E-state index in [0.717, 1.165) is 38.9 Å². The van der Waals surface area contributed by atoms with Gasteiger partial charge in [0, 0.05) is 38.4 Å². The normalized spacial score (nSPS) is 21.4. The van der Waals surface area contributed by atoms with Crippen molar-refractivity contribution < 1.29 is 4.79 Å². The van der Waals surface area contributed by atoms with E-state index in [-0.39, 0.29) is 4.87 Å². The minimum atomic E-state index is 0.263. The number of benzene rings is 1. The van der Waals surface area contributed by atoms with Gasteiger partial charge in [0.25, 0.3) is 0 Å². The molecule has 3 nitrogen and oxygen atoms in total. The average Bonchev–Trinajstić information content (AvgIpc) is 2.91. The number of hydrogen-bond acceptors (Lipinski definition) is 3. The van der Waals surface area contributed by atoms with E-state index in [2.05, 4.69) is 58.8 Å². The van der Waals surface area contributed by atoms with Crippen molar-refractivity contribution in [1.29, 1.82) is 0 Å². The SMILES string of the molecule is CCCC(=O)N1CCC2(CC1)SCCN2Cc1ccccc1. The van der Waals surface area contributed by atoms with Gasteiger partial charge >= 0.3 is 0 Å². The average molecular weight is 318 g/mol. The molecule has 0 aromatic heterocycles. The summed E-state index contributed by atoms with van der Waals surface area (Å²) in [5, 5.41) is 0. The molecule has 0 radical (unpaired) electrons. The van der Waals surface area contributed by atoms with Crippen LogP contribution in [0.15, 0.2) is 30.3 Å². The van der Waals surface area contributed by atoms with Crippen molar-refractivity contribution in [3.63, 3.8) is 0 Å². The molecule has 1 aromatic rings. The predicted molar refractivity (Wildman–Crippen MR) is 92.8 cm³/mol. The zero-order valence-corrected chi connectivity index (χ0v) is 14.3. The molecule has 22 heavy (non-hydrogen) atoms. The van der Waals surface area contributed by atoms with Crippen LogP contribution in [0.5, 0.6) is 0 Å². The Kier molecular flexibility index (Phi) is 5.09. The molecule has 2 aliphatic heterocycles. The minimum absolute atomic E-state index is 0.263. The van der Waals surface area contributed by atoms with Crippen molar-refractivity contribution in [1.82, 2.24) is 9.80 Å². The standard InChI is InChI=1S/C18H26N2OS/c1-2-6-17(21)19-11-9-18(10-12-19)20(13-14-22-18)15-16-7-4-3-5-8-16/h3-5,7-8H,2,6,9-15H2,1H3. The quantitative estimate of drug-likeness (QED) is 0.850. The highest BCUT2D eigenvalue weighted by Crippen LogP contribution is 2.44. The molecule has 0 unspecified atom stereocenters. The summed E-state index contributed by atoms with van der Waals surface area (Å²) >= 11 is 2.11. The number of rotatable bonds is 4. The van der Waals surface area contributed by atoms with Crippen LogP contribution in [-0.4, -0.2) is 46.0 Å². The lowest BCUT2D eigenvalue weighted by Gasteiger charge is -2.44. The molecule has 2 aliphatic rings. The number of nitrogens with zero attached hydrogens (tertiary/aromatic N) is 2. The number of carbonyl (C=O) groups is 1. The molecule has 1 spiro atoms. The molecular formula is C18H26N2OS. The summed E-state index contributed by atoms with van der Waals surface area (Å²) in [4.78, 5) is 17.1. The molecule has 2 fully saturated rings. The van der Waals surface area contributed by atoms with Gasteiger partial charge in [-0.05, 0) is 24.8 Å². The smallest absolute Gasteiger partial charge is 0.222 e. The van der Waals surface area contributed by atoms with Crippen LogP contribution in [0.3, 0.4) is 0 Å². The van der Waals surface area contributed by atoms with Gasteiger partial charge in [0.15, 0.2) is 0 Å². The van der Waals surface area contributed by atoms with E-state index in [0.29, 0.717) is 12.3 Å². The minimum Gasteiger partial charge on any atom is -0.342 e. The van der Waals surface area contributed by atoms with Gasteiger partial charge in [0.2, 0.25) is 5.91 Å². The zero-order chi connectivity index (χ0) is 15.4. The fraction of sp³-hybridized carbons (Fsp3) is 0.611. The molecular weight excluding hydrogens is 292 g/mol. The maximum Gasteiger partial charge on any atom is 0.222 e. The van der Waals surface area contributed by atoms with Gasteiger partial charge in [0.05, 0.1) is 4.87 Å². The van der Waals surface area contributed by atoms with Crippen LogP contribution in [-0.2, 0) is 11.3 Å². The lowest BCUT2D eigenvalue weighted by atomic mass is 10.0. The predicted octanol–water partition coefficient (Wildman–Crippen LogP) is 3.35. The Morgan fingerprint density at radius 2 is 1.91 bits per heavy atom. The largest absolute Gasteiger partial charge is 0.342 e. The second kappa shape index (κ2) is 7.05. The van der Waals surface area contributed by atoms with Crippen LogP contribution in [0, 0.1) is 0 Å². The first kappa shape index (κ1) is 15.9. The van der Waals surface area contributed by atoms with Crippen LogP contribution in [0.1, 0.15) is 38.2 Å². The highest BCUT2D eigenvalue weighted by atomic mass is 32.2. The van der Waals surface area contributed by atoms with Crippen LogP contribution < -0.4 is 0 Å². The molecule has 4 heteroatoms. The third kappa shape index (κ3) is 3.33. The summed E-state index contributed by atoms with van der Waals surface area (Å²) in [6, 6.07) is 10.8. The Morgan fingerprint density at radius 1 is 1.18 bits per heavy atom. The maximum atomic E-state index is 12.1. The van der Waals surface area contributed by atoms with E-state index in [1.165, 1.54) is 17.9 Å². The number of piperidine rings is 1. The van der Waals surface area contributed by atoms with Crippen molar-refractivity contribution in [2.24, 2.45) is 0 Å². The van der Waals surface area contributed by atoms with Crippen LogP contribution >= 0.6 is 11.8 Å². The van der Waals surface area contributed by atoms with Crippen molar-refractivity contribution in [3.05, 3.63) is 35.9 Å². The molecule has 1 aromatic carbocycles. The molecule has 1 amide bonds. The summed E-state index contributed by atoms with van der Waals surface area (Å²) in [6.45, 7) is 6.14. The molecule has 2 saturated heterocycles. The van der Waals surface area contributed by atoms with Gasteiger partial charge in [-0.3, -0.25) is 9.69 Å². The first-order valence-corrected chi connectivity index (χ1v) is 9.43. The summed E-state index contributed by atoms with van der Waals surface area (Å²) in [5.41, 5.74) is 1.40. The second-order valence-corrected chi connectivity index (χ2v) is 7.79. The maximum absolute atomic E-state index is 12.1. The monoisotopic (exact) mass is 318 g/mol. The molecule has 2 heterocycles. The fourth-order valence-electron chi connectivity index (χ4n) is 3.61. The molecule has 0 aliphatic carbocycles. The number of hydrogen-bond donors (Lipinski definition) is 0. The Hall–Kier alpha value is -1.00. The molecule has 120 valence electrons. The molecule has 0 bridgehead atoms. The second-order valence-electron chi connectivity index (χ2n) is 6.33. The van der Waals surface area contributed by atoms with E-state index in [1.54, 1.807) is 0 Å². The van der Waals surface area contributed by atoms with E-state index >= 15 is 0 Å². The summed E-state index contributed by atoms with van der Waals surface area (Å²) in [7, 11) is 0. The van der Waals surface area contributed by atoms with Crippen molar-refractivity contribution in [2.75, 3.05) is 25.4 Å². The van der Waals surface area contributed by atoms with Crippen LogP contribution in [0.25, 0.3) is 0 Å². The van der Waals surface area contributed by atoms with Gasteiger partial charge < -0.3 is 4.90 Å². The first-order valence-electron chi connectivity index (χ1n) is 8.44. The topological polar surface area (TPSA) is 23.6 Å². The zero-order valence-electron chi connectivity index (χ0n) is 13.5. The number of carbonyl (C=O) groups excluding carboxylic acids is 1. The molecule has 0 N–H and O–H groups in total. The first-order chi connectivity index (χ1) is 10.7. The summed E-state index contributed by atoms with van der Waals surface area (Å²) in [6.07, 6.45) is 3.88. The summed E-state index contributed by atoms with van der Waals surface area (Å²) in [5.74, 6) is 1.56. The Bertz CT molecular complexity index is 497. The van der Waals surface area contributed by atoms with Crippen LogP contribution in [0.2, 0.25) is 0 Å². The molecule has 0 atom stereocenters. The molecule has 0 saturated carbocycles. The van der Waals surface area contributed by atoms with Gasteiger partial charge in [-0.25, -0.2) is 0 Å². The number of amides is 1. The lowest BCUT2D eigenvalue weighted by molar-refractivity contribution is -0.133. The van der Waals surface area contributed by atoms with Gasteiger partial charge in [-0.1, -0.05) is 37.3 Å². The van der Waals surface area contributed by atoms with Gasteiger partial charge in [-0.2, -0.15) is 0 Å². The summed E-state index contributed by atoms with van der Waals surface area (Å²) < 4.78 is 0. The van der Waals surface area contributed by atoms with Gasteiger partial charge in [-0.15, -0.1) is 11.8 Å². The van der Waals surface area contributed by atoms with Crippen molar-refractivity contribution >= 4 is 17.7 Å². The molecule has 3 rings (SSSR count). The van der Waals surface area contributed by atoms with Crippen LogP contribution in [0.4, 0.5) is 0 Å². The van der Waals surface area contributed by atoms with Gasteiger partial charge in [0.1, 0.15) is 0 Å². The van der Waals surface area contributed by atoms with E-state index in [9.17, 15) is 4.79 Å². The van der Waals surface area contributed by atoms with Crippen molar-refractivity contribution in [3.8, 4) is 0 Å². The van der Waals surface area contributed by atoms with Crippen molar-refractivity contribution in [2.45, 2.75) is 44.0 Å². The van der Waals surface area contributed by atoms with E-state index < -0.39 is 0 Å². The lowest BCUT2D eigenvalue weighted by Crippen LogP contribution is -2.51. The third-order valence-corrected chi connectivity index (χ3v) is 6.48. The number of likely N-dealkylation sites (tertiary alicyclic amines) is 1. The fourth-order valence-corrected chi connectivity index (χ4v) is 5.11. The highest BCUT2D eigenvalue weighted by Gasteiger charge is 2.44. The Labute approximate surface area is 138 Å². The van der Waals surface area contributed by atoms with E-state index in [4.69, 9.17) is 0 Å². The van der Waals surface area contributed by atoms with E-state index in [1.807, 2.05) is 0 Å². The third-order valence-electron chi connectivity index (χ3n) is 4.89. The Balaban J connectivity index is 1.62. The Morgan fingerprint density at radius 3 is 2.59 bits per heavy atom. The number of thioether (sulfide) groups is 1. The highest BCUT2D eigenvalue weighted by molar-refractivity contribution is 8.00.